The number of halogens is 1. The third kappa shape index (κ3) is 1.08. The maximum absolute atomic E-state index is 5.65. The Balaban J connectivity index is 3.09. The van der Waals surface area contributed by atoms with Crippen molar-refractivity contribution in [2.45, 2.75) is 0 Å². The Labute approximate surface area is 62.1 Å². The van der Waals surface area contributed by atoms with Gasteiger partial charge in [-0.2, -0.15) is 0 Å². The van der Waals surface area contributed by atoms with Gasteiger partial charge in [0.25, 0.3) is 0 Å². The van der Waals surface area contributed by atoms with E-state index in [9.17, 15) is 0 Å². The Morgan fingerprint density at radius 2 is 2.50 bits per heavy atom. The number of hydrogen-bond acceptors (Lipinski definition) is 2. The zero-order valence-electron chi connectivity index (χ0n) is 3.93. The van der Waals surface area contributed by atoms with Crippen LogP contribution in [-0.2, 0) is 0 Å². The molecule has 8 heavy (non-hydrogen) atoms. The normalized spacial score (nSPS) is 9.12. The predicted molar refractivity (Wildman–Crippen MR) is 42.1 cm³/mol. The van der Waals surface area contributed by atoms with Crippen LogP contribution in [0.1, 0.15) is 4.88 Å². The third-order valence-electron chi connectivity index (χ3n) is 0.752. The Bertz CT molecular complexity index is 192. The second-order valence-electron chi connectivity index (χ2n) is 1.25. The van der Waals surface area contributed by atoms with E-state index in [0.29, 0.717) is 0 Å². The summed E-state index contributed by atoms with van der Waals surface area (Å²) in [5, 5.41) is 4.26. The van der Waals surface area contributed by atoms with Gasteiger partial charge >= 0.3 is 0 Å². The van der Waals surface area contributed by atoms with Gasteiger partial charge in [0.15, 0.2) is 0 Å². The second kappa shape index (κ2) is 2.58. The molecule has 1 aromatic rings. The van der Waals surface area contributed by atoms with Crippen molar-refractivity contribution in [3.8, 4) is 0 Å². The van der Waals surface area contributed by atoms with Gasteiger partial charge in [-0.3, -0.25) is 0 Å². The molecule has 0 atom stereocenters. The molecule has 0 saturated heterocycles. The van der Waals surface area contributed by atoms with Crippen LogP contribution in [0.15, 0.2) is 11.4 Å². The minimum Gasteiger partial charge on any atom is -0.142 e. The van der Waals surface area contributed by atoms with Crippen LogP contribution in [0.5, 0.6) is 0 Å². The molecule has 0 aromatic carbocycles. The van der Waals surface area contributed by atoms with Crippen LogP contribution in [0.4, 0.5) is 0 Å². The average molecular weight is 163 g/mol. The van der Waals surface area contributed by atoms with Gasteiger partial charge in [-0.1, -0.05) is 23.8 Å². The third-order valence-corrected chi connectivity index (χ3v) is 2.44. The highest BCUT2D eigenvalue weighted by Gasteiger charge is 1.93. The lowest BCUT2D eigenvalue weighted by Gasteiger charge is -1.78. The first-order valence-corrected chi connectivity index (χ1v) is 3.75. The summed E-state index contributed by atoms with van der Waals surface area (Å²) in [4.78, 5) is 0.974. The van der Waals surface area contributed by atoms with E-state index in [-0.39, 0.29) is 0 Å². The van der Waals surface area contributed by atoms with Crippen LogP contribution in [0.3, 0.4) is 0 Å². The molecule has 1 rings (SSSR count). The van der Waals surface area contributed by atoms with Crippen LogP contribution >= 0.6 is 35.2 Å². The summed E-state index contributed by atoms with van der Waals surface area (Å²) in [6, 6.07) is 1.84. The first kappa shape index (κ1) is 6.20. The summed E-state index contributed by atoms with van der Waals surface area (Å²) >= 11 is 11.9. The summed E-state index contributed by atoms with van der Waals surface area (Å²) in [5.41, 5.74) is 0. The van der Waals surface area contributed by atoms with Crippen LogP contribution in [-0.4, -0.2) is 5.37 Å². The maximum atomic E-state index is 5.65. The van der Waals surface area contributed by atoms with Crippen molar-refractivity contribution >= 4 is 40.5 Å². The van der Waals surface area contributed by atoms with Gasteiger partial charge in [0, 0.05) is 5.37 Å². The summed E-state index contributed by atoms with van der Waals surface area (Å²) < 4.78 is 0. The molecule has 1 aromatic heterocycles. The molecule has 3 heteroatoms. The predicted octanol–water partition coefficient (Wildman–Crippen LogP) is 2.75. The lowest BCUT2D eigenvalue weighted by molar-refractivity contribution is 1.98. The lowest BCUT2D eigenvalue weighted by atomic mass is 10.5. The molecule has 1 heterocycles. The van der Waals surface area contributed by atoms with Gasteiger partial charge < -0.3 is 0 Å². The van der Waals surface area contributed by atoms with Gasteiger partial charge in [0.2, 0.25) is 0 Å². The van der Waals surface area contributed by atoms with Crippen LogP contribution in [0.25, 0.3) is 0 Å². The van der Waals surface area contributed by atoms with Crippen LogP contribution in [0, 0.1) is 0 Å². The van der Waals surface area contributed by atoms with E-state index in [1.54, 1.807) is 16.7 Å². The van der Waals surface area contributed by atoms with E-state index in [2.05, 4.69) is 12.2 Å². The summed E-state index contributed by atoms with van der Waals surface area (Å²) in [5.74, 6) is 0. The zero-order valence-corrected chi connectivity index (χ0v) is 6.32. The molecule has 0 bridgehead atoms. The van der Waals surface area contributed by atoms with Gasteiger partial charge in [-0.25, -0.2) is 0 Å². The average Bonchev–Trinajstić information content (AvgIpc) is 2.14. The van der Waals surface area contributed by atoms with Crippen molar-refractivity contribution < 1.29 is 0 Å². The molecule has 0 saturated carbocycles. The van der Waals surface area contributed by atoms with Crippen LogP contribution in [0.2, 0.25) is 5.02 Å². The highest BCUT2D eigenvalue weighted by molar-refractivity contribution is 7.79. The van der Waals surface area contributed by atoms with E-state index in [1.165, 1.54) is 0 Å². The van der Waals surface area contributed by atoms with Gasteiger partial charge in [-0.15, -0.1) is 11.3 Å². The molecule has 0 spiro atoms. The van der Waals surface area contributed by atoms with Gasteiger partial charge in [0.05, 0.1) is 9.90 Å². The molecule has 0 radical (unpaired) electrons. The molecule has 0 unspecified atom stereocenters. The zero-order chi connectivity index (χ0) is 5.98. The molecule has 42 valence electrons. The number of rotatable bonds is 1. The van der Waals surface area contributed by atoms with E-state index in [0.717, 1.165) is 9.90 Å². The summed E-state index contributed by atoms with van der Waals surface area (Å²) in [6.07, 6.45) is 0. The van der Waals surface area contributed by atoms with E-state index in [4.69, 9.17) is 11.6 Å². The van der Waals surface area contributed by atoms with Crippen molar-refractivity contribution in [3.63, 3.8) is 0 Å². The van der Waals surface area contributed by atoms with Gasteiger partial charge in [-0.05, 0) is 11.4 Å². The van der Waals surface area contributed by atoms with Crippen molar-refractivity contribution in [1.29, 1.82) is 0 Å². The fourth-order valence-electron chi connectivity index (χ4n) is 0.390. The fourth-order valence-corrected chi connectivity index (χ4v) is 1.66. The first-order valence-electron chi connectivity index (χ1n) is 2.03. The lowest BCUT2D eigenvalue weighted by Crippen LogP contribution is -1.64. The van der Waals surface area contributed by atoms with Crippen molar-refractivity contribution in [2.24, 2.45) is 0 Å². The van der Waals surface area contributed by atoms with Gasteiger partial charge in [0.1, 0.15) is 0 Å². The Morgan fingerprint density at radius 1 is 1.75 bits per heavy atom. The minimum atomic E-state index is 0.755. The molecule has 0 aliphatic heterocycles. The molecular weight excluding hydrogens is 160 g/mol. The first-order chi connectivity index (χ1) is 3.84. The molecule has 0 aliphatic carbocycles. The quantitative estimate of drug-likeness (QED) is 0.573. The standard InChI is InChI=1S/C5H3ClS2/c6-4-1-2-8-5(4)3-7/h1-3H. The fraction of sp³-hybridized carbons (Fsp3) is 0. The molecule has 0 aliphatic rings. The SMILES string of the molecule is S=Cc1sccc1Cl. The summed E-state index contributed by atoms with van der Waals surface area (Å²) in [6.45, 7) is 0. The van der Waals surface area contributed by atoms with Crippen molar-refractivity contribution in [2.75, 3.05) is 0 Å². The monoisotopic (exact) mass is 162 g/mol. The number of hydrogen-bond donors (Lipinski definition) is 0. The largest absolute Gasteiger partial charge is 0.142 e. The molecule has 0 nitrogen and oxygen atoms in total. The van der Waals surface area contributed by atoms with E-state index in [1.807, 2.05) is 11.4 Å². The van der Waals surface area contributed by atoms with Crippen molar-refractivity contribution in [3.05, 3.63) is 21.3 Å². The second-order valence-corrected chi connectivity index (χ2v) is 2.84. The molecule has 0 N–H and O–H groups in total. The molecular formula is C5H3ClS2. The smallest absolute Gasteiger partial charge is 0.0594 e. The van der Waals surface area contributed by atoms with E-state index < -0.39 is 0 Å². The topological polar surface area (TPSA) is 0 Å². The van der Waals surface area contributed by atoms with E-state index >= 15 is 0 Å². The maximum Gasteiger partial charge on any atom is 0.0594 e. The van der Waals surface area contributed by atoms with Crippen LogP contribution < -0.4 is 0 Å². The Morgan fingerprint density at radius 3 is 2.75 bits per heavy atom. The Kier molecular flexibility index (Phi) is 2.00. The highest BCUT2D eigenvalue weighted by atomic mass is 35.5. The van der Waals surface area contributed by atoms with Crippen molar-refractivity contribution in [1.82, 2.24) is 0 Å². The Hall–Kier alpha value is 0.0800. The number of thiocarbonyl (C=S) groups is 1. The molecule has 0 fully saturated rings. The minimum absolute atomic E-state index is 0.755. The highest BCUT2D eigenvalue weighted by Crippen LogP contribution is 2.19. The summed E-state index contributed by atoms with van der Waals surface area (Å²) in [7, 11) is 0. The number of thiophene rings is 1. The molecule has 0 amide bonds.